The molecule has 0 fully saturated rings. The van der Waals surface area contributed by atoms with Crippen molar-refractivity contribution in [2.75, 3.05) is 13.7 Å². The zero-order chi connectivity index (χ0) is 13.9. The number of benzene rings is 1. The first-order valence-electron chi connectivity index (χ1n) is 7.22. The Morgan fingerprint density at radius 1 is 1.45 bits per heavy atom. The van der Waals surface area contributed by atoms with Gasteiger partial charge in [0.2, 0.25) is 0 Å². The smallest absolute Gasteiger partial charge is 0.102 e. The second-order valence-electron chi connectivity index (χ2n) is 5.14. The second kappa shape index (κ2) is 5.77. The molecule has 0 aliphatic carbocycles. The molecule has 0 bridgehead atoms. The van der Waals surface area contributed by atoms with E-state index >= 15 is 0 Å². The predicted molar refractivity (Wildman–Crippen MR) is 78.5 cm³/mol. The van der Waals surface area contributed by atoms with Gasteiger partial charge in [-0.1, -0.05) is 24.3 Å². The normalized spacial score (nSPS) is 19.6. The molecule has 1 aliphatic rings. The van der Waals surface area contributed by atoms with E-state index in [2.05, 4.69) is 47.8 Å². The second-order valence-corrected chi connectivity index (χ2v) is 5.14. The van der Waals surface area contributed by atoms with Crippen molar-refractivity contribution in [3.05, 3.63) is 53.3 Å². The van der Waals surface area contributed by atoms with Gasteiger partial charge in [0.05, 0.1) is 18.8 Å². The van der Waals surface area contributed by atoms with Crippen LogP contribution in [0.5, 0.6) is 0 Å². The molecule has 2 unspecified atom stereocenters. The number of nitrogens with one attached hydrogen (secondary N) is 1. The lowest BCUT2D eigenvalue weighted by Gasteiger charge is -2.32. The molecule has 2 heterocycles. The lowest BCUT2D eigenvalue weighted by Crippen LogP contribution is -2.29. The van der Waals surface area contributed by atoms with Crippen molar-refractivity contribution in [3.63, 3.8) is 0 Å². The number of nitrogens with zero attached hydrogens (tertiary/aromatic N) is 2. The summed E-state index contributed by atoms with van der Waals surface area (Å²) in [6.07, 6.45) is 5.09. The van der Waals surface area contributed by atoms with Crippen LogP contribution in [-0.4, -0.2) is 23.4 Å². The van der Waals surface area contributed by atoms with Crippen molar-refractivity contribution in [2.45, 2.75) is 32.0 Å². The maximum Gasteiger partial charge on any atom is 0.102 e. The molecule has 0 amide bonds. The van der Waals surface area contributed by atoms with Crippen LogP contribution in [-0.2, 0) is 17.7 Å². The summed E-state index contributed by atoms with van der Waals surface area (Å²) in [5.74, 6) is 0. The maximum absolute atomic E-state index is 6.06. The Hall–Kier alpha value is -1.65. The summed E-state index contributed by atoms with van der Waals surface area (Å²) in [4.78, 5) is 0. The highest BCUT2D eigenvalue weighted by Crippen LogP contribution is 2.36. The molecule has 1 N–H and O–H groups in total. The highest BCUT2D eigenvalue weighted by Gasteiger charge is 2.29. The van der Waals surface area contributed by atoms with Crippen molar-refractivity contribution >= 4 is 0 Å². The minimum atomic E-state index is 0.0551. The third kappa shape index (κ3) is 2.37. The van der Waals surface area contributed by atoms with E-state index in [1.165, 1.54) is 16.7 Å². The van der Waals surface area contributed by atoms with Crippen LogP contribution >= 0.6 is 0 Å². The van der Waals surface area contributed by atoms with E-state index in [1.54, 1.807) is 0 Å². The van der Waals surface area contributed by atoms with Crippen LogP contribution in [0.25, 0.3) is 0 Å². The SMILES string of the molecule is CCn1cc(C(NC)C2OCCc3ccccc32)cn1. The summed E-state index contributed by atoms with van der Waals surface area (Å²) in [7, 11) is 1.98. The van der Waals surface area contributed by atoms with Gasteiger partial charge in [-0.2, -0.15) is 5.10 Å². The Morgan fingerprint density at radius 2 is 2.30 bits per heavy atom. The summed E-state index contributed by atoms with van der Waals surface area (Å²) in [6, 6.07) is 8.70. The summed E-state index contributed by atoms with van der Waals surface area (Å²) in [6.45, 7) is 3.76. The quantitative estimate of drug-likeness (QED) is 0.928. The van der Waals surface area contributed by atoms with Gasteiger partial charge in [0.15, 0.2) is 0 Å². The number of ether oxygens (including phenoxy) is 1. The number of aromatic nitrogens is 2. The van der Waals surface area contributed by atoms with Gasteiger partial charge in [-0.3, -0.25) is 4.68 Å². The van der Waals surface area contributed by atoms with Crippen molar-refractivity contribution < 1.29 is 4.74 Å². The van der Waals surface area contributed by atoms with Gasteiger partial charge in [0, 0.05) is 18.3 Å². The van der Waals surface area contributed by atoms with Crippen LogP contribution in [0, 0.1) is 0 Å². The van der Waals surface area contributed by atoms with Crippen molar-refractivity contribution in [1.82, 2.24) is 15.1 Å². The van der Waals surface area contributed by atoms with Crippen LogP contribution in [0.15, 0.2) is 36.7 Å². The lowest BCUT2D eigenvalue weighted by atomic mass is 9.91. The molecule has 4 heteroatoms. The molecule has 1 aromatic carbocycles. The molecule has 0 spiro atoms. The minimum Gasteiger partial charge on any atom is -0.371 e. The van der Waals surface area contributed by atoms with E-state index in [4.69, 9.17) is 4.74 Å². The Kier molecular flexibility index (Phi) is 3.85. The molecule has 0 saturated carbocycles. The molecule has 2 atom stereocenters. The van der Waals surface area contributed by atoms with E-state index in [1.807, 2.05) is 17.9 Å². The number of hydrogen-bond donors (Lipinski definition) is 1. The van der Waals surface area contributed by atoms with Crippen LogP contribution in [0.4, 0.5) is 0 Å². The summed E-state index contributed by atoms with van der Waals surface area (Å²) < 4.78 is 8.01. The van der Waals surface area contributed by atoms with Gasteiger partial charge in [-0.05, 0) is 31.5 Å². The lowest BCUT2D eigenvalue weighted by molar-refractivity contribution is 0.0165. The molecule has 1 aromatic heterocycles. The molecule has 4 nitrogen and oxygen atoms in total. The van der Waals surface area contributed by atoms with Gasteiger partial charge < -0.3 is 10.1 Å². The van der Waals surface area contributed by atoms with E-state index < -0.39 is 0 Å². The topological polar surface area (TPSA) is 39.1 Å². The van der Waals surface area contributed by atoms with Crippen LogP contribution in [0.1, 0.15) is 35.8 Å². The Labute approximate surface area is 119 Å². The Balaban J connectivity index is 1.94. The van der Waals surface area contributed by atoms with Gasteiger partial charge in [-0.15, -0.1) is 0 Å². The fourth-order valence-electron chi connectivity index (χ4n) is 2.91. The molecule has 2 aromatic rings. The molecular weight excluding hydrogens is 250 g/mol. The van der Waals surface area contributed by atoms with Crippen molar-refractivity contribution in [1.29, 1.82) is 0 Å². The summed E-state index contributed by atoms with van der Waals surface area (Å²) in [5, 5.41) is 7.76. The number of aryl methyl sites for hydroxylation is 1. The average molecular weight is 271 g/mol. The molecule has 3 rings (SSSR count). The zero-order valence-electron chi connectivity index (χ0n) is 12.0. The first-order chi connectivity index (χ1) is 9.83. The highest BCUT2D eigenvalue weighted by molar-refractivity contribution is 5.33. The number of likely N-dealkylation sites (N-methyl/N-ethyl adjacent to an activating group) is 1. The first kappa shape index (κ1) is 13.3. The van der Waals surface area contributed by atoms with E-state index in [0.717, 1.165) is 19.6 Å². The molecule has 0 radical (unpaired) electrons. The first-order valence-corrected chi connectivity index (χ1v) is 7.22. The van der Waals surface area contributed by atoms with Crippen LogP contribution in [0.3, 0.4) is 0 Å². The Morgan fingerprint density at radius 3 is 3.05 bits per heavy atom. The molecular formula is C16H21N3O. The predicted octanol–water partition coefficient (Wildman–Crippen LogP) is 2.48. The zero-order valence-corrected chi connectivity index (χ0v) is 12.0. The van der Waals surface area contributed by atoms with Crippen molar-refractivity contribution in [3.8, 4) is 0 Å². The maximum atomic E-state index is 6.06. The van der Waals surface area contributed by atoms with Gasteiger partial charge >= 0.3 is 0 Å². The molecule has 20 heavy (non-hydrogen) atoms. The van der Waals surface area contributed by atoms with E-state index in [9.17, 15) is 0 Å². The molecule has 106 valence electrons. The highest BCUT2D eigenvalue weighted by atomic mass is 16.5. The summed E-state index contributed by atoms with van der Waals surface area (Å²) in [5.41, 5.74) is 3.87. The van der Waals surface area contributed by atoms with Gasteiger partial charge in [0.25, 0.3) is 0 Å². The van der Waals surface area contributed by atoms with Crippen molar-refractivity contribution in [2.24, 2.45) is 0 Å². The monoisotopic (exact) mass is 271 g/mol. The standard InChI is InChI=1S/C16H21N3O/c1-3-19-11-13(10-18-19)15(17-2)16-14-7-5-4-6-12(14)8-9-20-16/h4-7,10-11,15-17H,3,8-9H2,1-2H3. The fourth-order valence-corrected chi connectivity index (χ4v) is 2.91. The minimum absolute atomic E-state index is 0.0551. The third-order valence-electron chi connectivity index (χ3n) is 3.98. The molecule has 0 saturated heterocycles. The largest absolute Gasteiger partial charge is 0.371 e. The third-order valence-corrected chi connectivity index (χ3v) is 3.98. The van der Waals surface area contributed by atoms with Crippen LogP contribution < -0.4 is 5.32 Å². The number of hydrogen-bond acceptors (Lipinski definition) is 3. The fraction of sp³-hybridized carbons (Fsp3) is 0.438. The molecule has 1 aliphatic heterocycles. The number of fused-ring (bicyclic) bond motifs is 1. The van der Waals surface area contributed by atoms with Crippen LogP contribution in [0.2, 0.25) is 0 Å². The van der Waals surface area contributed by atoms with Gasteiger partial charge in [0.1, 0.15) is 6.10 Å². The number of rotatable bonds is 4. The van der Waals surface area contributed by atoms with Gasteiger partial charge in [-0.25, -0.2) is 0 Å². The summed E-state index contributed by atoms with van der Waals surface area (Å²) >= 11 is 0. The van der Waals surface area contributed by atoms with E-state index in [-0.39, 0.29) is 12.1 Å². The Bertz CT molecular complexity index is 579. The average Bonchev–Trinajstić information content (AvgIpc) is 2.97. The van der Waals surface area contributed by atoms with E-state index in [0.29, 0.717) is 0 Å².